The van der Waals surface area contributed by atoms with Crippen LogP contribution in [-0.2, 0) is 11.8 Å². The van der Waals surface area contributed by atoms with Crippen molar-refractivity contribution in [2.24, 2.45) is 0 Å². The van der Waals surface area contributed by atoms with Crippen LogP contribution in [0.4, 0.5) is 17.1 Å². The van der Waals surface area contributed by atoms with E-state index in [2.05, 4.69) is 170 Å². The second-order valence-corrected chi connectivity index (χ2v) is 13.2. The van der Waals surface area contributed by atoms with Gasteiger partial charge in [0.2, 0.25) is 0 Å². The van der Waals surface area contributed by atoms with Gasteiger partial charge >= 0.3 is 0 Å². The Kier molecular flexibility index (Phi) is 6.33. The first-order valence-corrected chi connectivity index (χ1v) is 16.6. The van der Waals surface area contributed by atoms with Crippen LogP contribution < -0.4 is 4.90 Å². The van der Waals surface area contributed by atoms with Crippen molar-refractivity contribution in [1.29, 1.82) is 0 Å². The predicted octanol–water partition coefficient (Wildman–Crippen LogP) is 12.3. The highest BCUT2D eigenvalue weighted by molar-refractivity contribution is 5.96. The highest BCUT2D eigenvalue weighted by Crippen LogP contribution is 2.54. The smallest absolute Gasteiger partial charge is 0.138 e. The lowest BCUT2D eigenvalue weighted by Gasteiger charge is -2.29. The molecule has 0 fully saturated rings. The molecule has 2 aliphatic carbocycles. The number of anilines is 3. The van der Waals surface area contributed by atoms with E-state index in [0.717, 1.165) is 35.6 Å². The molecule has 0 bridgehead atoms. The Morgan fingerprint density at radius 2 is 1.21 bits per heavy atom. The van der Waals surface area contributed by atoms with E-state index >= 15 is 0 Å². The van der Waals surface area contributed by atoms with Crippen molar-refractivity contribution in [2.75, 3.05) is 4.90 Å². The lowest BCUT2D eigenvalue weighted by atomic mass is 9.82. The summed E-state index contributed by atoms with van der Waals surface area (Å²) in [6, 6.07) is 52.8. The van der Waals surface area contributed by atoms with Gasteiger partial charge in [-0.2, -0.15) is 0 Å². The third kappa shape index (κ3) is 4.40. The molecule has 0 aliphatic heterocycles. The zero-order chi connectivity index (χ0) is 31.5. The average Bonchev–Trinajstić information content (AvgIpc) is 3.62. The second kappa shape index (κ2) is 10.7. The number of benzene rings is 6. The Balaban J connectivity index is 1.18. The first-order valence-electron chi connectivity index (χ1n) is 16.6. The molecule has 9 rings (SSSR count). The van der Waals surface area contributed by atoms with Crippen LogP contribution in [0.2, 0.25) is 0 Å². The lowest BCUT2D eigenvalue weighted by molar-refractivity contribution is 0.591. The summed E-state index contributed by atoms with van der Waals surface area (Å²) >= 11 is 0. The Hall–Kier alpha value is -5.60. The van der Waals surface area contributed by atoms with E-state index in [9.17, 15) is 0 Å². The number of rotatable bonds is 5. The molecule has 0 atom stereocenters. The molecule has 0 saturated heterocycles. The third-order valence-corrected chi connectivity index (χ3v) is 10.2. The fourth-order valence-electron chi connectivity index (χ4n) is 7.84. The lowest BCUT2D eigenvalue weighted by Crippen LogP contribution is -2.16. The molecule has 2 nitrogen and oxygen atoms in total. The standard InChI is InChI=1S/C45H35NO/c1-45(2)39-18-8-6-15-38(39)43-40(45)19-11-20-41(43)46(33-26-22-31(23-27-33)30-12-4-3-5-13-30)34-28-24-32(25-29-34)35-16-10-17-37-36-14-7-9-21-42(36)47-44(35)37/h3-9,11-16,18-29H,10,17H2,1-2H3. The molecule has 226 valence electrons. The summed E-state index contributed by atoms with van der Waals surface area (Å²) in [4.78, 5) is 2.43. The minimum absolute atomic E-state index is 0.0770. The van der Waals surface area contributed by atoms with Gasteiger partial charge in [0.15, 0.2) is 0 Å². The van der Waals surface area contributed by atoms with E-state index in [0.29, 0.717) is 0 Å². The van der Waals surface area contributed by atoms with E-state index in [1.165, 1.54) is 61.2 Å². The summed E-state index contributed by atoms with van der Waals surface area (Å²) in [6.45, 7) is 4.69. The van der Waals surface area contributed by atoms with E-state index < -0.39 is 0 Å². The van der Waals surface area contributed by atoms with Crippen molar-refractivity contribution in [3.8, 4) is 22.3 Å². The summed E-state index contributed by atoms with van der Waals surface area (Å²) in [5.74, 6) is 1.01. The van der Waals surface area contributed by atoms with Crippen molar-refractivity contribution in [3.63, 3.8) is 0 Å². The van der Waals surface area contributed by atoms with E-state index in [4.69, 9.17) is 4.42 Å². The van der Waals surface area contributed by atoms with Crippen LogP contribution in [0.3, 0.4) is 0 Å². The number of allylic oxidation sites excluding steroid dienone is 1. The Morgan fingerprint density at radius 1 is 0.574 bits per heavy atom. The van der Waals surface area contributed by atoms with Crippen molar-refractivity contribution in [2.45, 2.75) is 32.1 Å². The van der Waals surface area contributed by atoms with Gasteiger partial charge in [-0.25, -0.2) is 0 Å². The minimum Gasteiger partial charge on any atom is -0.456 e. The molecule has 47 heavy (non-hydrogen) atoms. The molecule has 0 radical (unpaired) electrons. The molecule has 2 heteroatoms. The highest BCUT2D eigenvalue weighted by atomic mass is 16.3. The van der Waals surface area contributed by atoms with Gasteiger partial charge in [-0.15, -0.1) is 0 Å². The van der Waals surface area contributed by atoms with Crippen LogP contribution in [0.1, 0.15) is 48.3 Å². The zero-order valence-electron chi connectivity index (χ0n) is 26.7. The number of aryl methyl sites for hydroxylation is 1. The number of hydrogen-bond donors (Lipinski definition) is 0. The Labute approximate surface area is 276 Å². The molecule has 0 amide bonds. The maximum absolute atomic E-state index is 6.45. The van der Waals surface area contributed by atoms with Crippen molar-refractivity contribution in [3.05, 3.63) is 180 Å². The molecule has 0 N–H and O–H groups in total. The highest BCUT2D eigenvalue weighted by Gasteiger charge is 2.37. The topological polar surface area (TPSA) is 16.4 Å². The molecule has 1 aromatic heterocycles. The molecule has 0 saturated carbocycles. The summed E-state index contributed by atoms with van der Waals surface area (Å²) in [5.41, 5.74) is 15.8. The molecule has 6 aromatic carbocycles. The summed E-state index contributed by atoms with van der Waals surface area (Å²) < 4.78 is 6.45. The summed E-state index contributed by atoms with van der Waals surface area (Å²) in [7, 11) is 0. The van der Waals surface area contributed by atoms with Crippen LogP contribution in [0.15, 0.2) is 156 Å². The van der Waals surface area contributed by atoms with Crippen molar-refractivity contribution < 1.29 is 4.42 Å². The van der Waals surface area contributed by atoms with Gasteiger partial charge in [-0.05, 0) is 82.6 Å². The maximum Gasteiger partial charge on any atom is 0.138 e. The van der Waals surface area contributed by atoms with Gasteiger partial charge in [0.05, 0.1) is 5.69 Å². The normalized spacial score (nSPS) is 14.3. The van der Waals surface area contributed by atoms with Gasteiger partial charge in [-0.3, -0.25) is 0 Å². The monoisotopic (exact) mass is 605 g/mol. The average molecular weight is 606 g/mol. The van der Waals surface area contributed by atoms with Crippen LogP contribution in [0, 0.1) is 0 Å². The summed E-state index contributed by atoms with van der Waals surface area (Å²) in [5, 5.41) is 1.23. The minimum atomic E-state index is -0.0770. The molecular weight excluding hydrogens is 571 g/mol. The van der Waals surface area contributed by atoms with Gasteiger partial charge in [0, 0.05) is 38.9 Å². The maximum atomic E-state index is 6.45. The van der Waals surface area contributed by atoms with E-state index in [1.54, 1.807) is 0 Å². The van der Waals surface area contributed by atoms with Gasteiger partial charge in [0.25, 0.3) is 0 Å². The fourth-order valence-corrected chi connectivity index (χ4v) is 7.84. The number of hydrogen-bond acceptors (Lipinski definition) is 2. The van der Waals surface area contributed by atoms with Crippen molar-refractivity contribution in [1.82, 2.24) is 0 Å². The number of para-hydroxylation sites is 1. The zero-order valence-corrected chi connectivity index (χ0v) is 26.7. The van der Waals surface area contributed by atoms with Crippen LogP contribution in [0.25, 0.3) is 38.8 Å². The molecule has 0 spiro atoms. The fraction of sp³-hybridized carbons (Fsp3) is 0.111. The molecule has 1 heterocycles. The van der Waals surface area contributed by atoms with Crippen LogP contribution in [-0.4, -0.2) is 0 Å². The van der Waals surface area contributed by atoms with Crippen LogP contribution >= 0.6 is 0 Å². The van der Waals surface area contributed by atoms with Gasteiger partial charge in [-0.1, -0.05) is 129 Å². The molecule has 7 aromatic rings. The quantitative estimate of drug-likeness (QED) is 0.194. The first kappa shape index (κ1) is 27.7. The number of furan rings is 1. The second-order valence-electron chi connectivity index (χ2n) is 13.2. The van der Waals surface area contributed by atoms with Gasteiger partial charge < -0.3 is 9.32 Å². The van der Waals surface area contributed by atoms with E-state index in [1.807, 2.05) is 0 Å². The first-order chi connectivity index (χ1) is 23.1. The van der Waals surface area contributed by atoms with Crippen LogP contribution in [0.5, 0.6) is 0 Å². The van der Waals surface area contributed by atoms with Gasteiger partial charge in [0.1, 0.15) is 11.3 Å². The number of nitrogens with zero attached hydrogens (tertiary/aromatic N) is 1. The number of fused-ring (bicyclic) bond motifs is 6. The Morgan fingerprint density at radius 3 is 2.00 bits per heavy atom. The molecular formula is C45H35NO. The molecule has 0 unspecified atom stereocenters. The Bertz CT molecular complexity index is 2300. The van der Waals surface area contributed by atoms with Crippen molar-refractivity contribution >= 4 is 33.6 Å². The summed E-state index contributed by atoms with van der Waals surface area (Å²) in [6.07, 6.45) is 4.36. The third-order valence-electron chi connectivity index (χ3n) is 10.2. The SMILES string of the molecule is CC1(C)c2ccccc2-c2c(N(c3ccc(C4=CCCc5c4oc4ccccc54)cc3)c3ccc(-c4ccccc4)cc3)cccc21. The predicted molar refractivity (Wildman–Crippen MR) is 196 cm³/mol. The van der Waals surface area contributed by atoms with E-state index in [-0.39, 0.29) is 5.41 Å². The largest absolute Gasteiger partial charge is 0.456 e. The molecule has 2 aliphatic rings.